The van der Waals surface area contributed by atoms with Gasteiger partial charge in [0.1, 0.15) is 0 Å². The van der Waals surface area contributed by atoms with Gasteiger partial charge in [0.05, 0.1) is 6.10 Å². The Kier molecular flexibility index (Phi) is 7.84. The monoisotopic (exact) mass is 456 g/mol. The van der Waals surface area contributed by atoms with Gasteiger partial charge in [0.2, 0.25) is 0 Å². The van der Waals surface area contributed by atoms with Crippen LogP contribution in [0.5, 0.6) is 0 Å². The van der Waals surface area contributed by atoms with E-state index in [0.717, 1.165) is 43.4 Å². The summed E-state index contributed by atoms with van der Waals surface area (Å²) in [6, 6.07) is 0. The molecule has 0 aliphatic heterocycles. The van der Waals surface area contributed by atoms with Gasteiger partial charge in [-0.15, -0.1) is 0 Å². The van der Waals surface area contributed by atoms with Crippen LogP contribution in [0.1, 0.15) is 125 Å². The Morgan fingerprint density at radius 2 is 1.76 bits per heavy atom. The molecule has 3 saturated carbocycles. The Labute approximate surface area is 204 Å². The third kappa shape index (κ3) is 4.19. The Bertz CT molecular complexity index is 724. The summed E-state index contributed by atoms with van der Waals surface area (Å²) in [6.45, 7) is 12.0. The lowest BCUT2D eigenvalue weighted by Crippen LogP contribution is -2.55. The molecule has 188 valence electrons. The van der Waals surface area contributed by atoms with Crippen molar-refractivity contribution in [3.05, 3.63) is 11.6 Å². The van der Waals surface area contributed by atoms with Crippen LogP contribution in [0.25, 0.3) is 0 Å². The van der Waals surface area contributed by atoms with Crippen LogP contribution >= 0.6 is 0 Å². The number of ketones is 1. The first-order chi connectivity index (χ1) is 15.9. The van der Waals surface area contributed by atoms with E-state index in [2.05, 4.69) is 40.7 Å². The molecule has 33 heavy (non-hydrogen) atoms. The molecule has 4 aliphatic carbocycles. The molecule has 2 nitrogen and oxygen atoms in total. The van der Waals surface area contributed by atoms with E-state index in [4.69, 9.17) is 0 Å². The summed E-state index contributed by atoms with van der Waals surface area (Å²) in [5, 5.41) is 10.4. The molecular formula is C31H52O2. The number of allylic oxidation sites excluding steroid dienone is 1. The highest BCUT2D eigenvalue weighted by atomic mass is 16.3. The molecule has 0 aromatic rings. The van der Waals surface area contributed by atoms with E-state index in [0.29, 0.717) is 23.0 Å². The van der Waals surface area contributed by atoms with Gasteiger partial charge < -0.3 is 5.11 Å². The van der Waals surface area contributed by atoms with E-state index >= 15 is 0 Å². The van der Waals surface area contributed by atoms with E-state index in [9.17, 15) is 9.90 Å². The van der Waals surface area contributed by atoms with Crippen molar-refractivity contribution in [3.63, 3.8) is 0 Å². The molecule has 0 aromatic carbocycles. The minimum absolute atomic E-state index is 0.190. The molecule has 0 bridgehead atoms. The van der Waals surface area contributed by atoms with E-state index in [1.54, 1.807) is 0 Å². The fraction of sp³-hybridized carbons (Fsp3) is 0.903. The summed E-state index contributed by atoms with van der Waals surface area (Å²) in [5.41, 5.74) is 1.89. The molecule has 0 spiro atoms. The summed E-state index contributed by atoms with van der Waals surface area (Å²) in [6.07, 6.45) is 18.9. The van der Waals surface area contributed by atoms with Gasteiger partial charge in [-0.25, -0.2) is 0 Å². The van der Waals surface area contributed by atoms with Gasteiger partial charge in [0, 0.05) is 5.92 Å². The van der Waals surface area contributed by atoms with E-state index in [1.807, 2.05) is 0 Å². The molecule has 9 atom stereocenters. The molecule has 0 radical (unpaired) electrons. The van der Waals surface area contributed by atoms with Crippen molar-refractivity contribution >= 4 is 5.78 Å². The summed E-state index contributed by atoms with van der Waals surface area (Å²) in [7, 11) is 0. The highest BCUT2D eigenvalue weighted by molar-refractivity contribution is 5.94. The normalized spacial score (nSPS) is 42.2. The second-order valence-electron chi connectivity index (χ2n) is 12.7. The number of carbonyl (C=O) groups is 1. The van der Waals surface area contributed by atoms with Crippen LogP contribution < -0.4 is 0 Å². The zero-order chi connectivity index (χ0) is 23.8. The molecule has 0 aromatic heterocycles. The van der Waals surface area contributed by atoms with E-state index < -0.39 is 0 Å². The number of fused-ring (bicyclic) bond motifs is 5. The van der Waals surface area contributed by atoms with Gasteiger partial charge in [-0.1, -0.05) is 65.9 Å². The van der Waals surface area contributed by atoms with Gasteiger partial charge >= 0.3 is 0 Å². The van der Waals surface area contributed by atoms with E-state index in [1.165, 1.54) is 69.8 Å². The highest BCUT2D eigenvalue weighted by Crippen LogP contribution is 2.68. The summed E-state index contributed by atoms with van der Waals surface area (Å²) >= 11 is 0. The Morgan fingerprint density at radius 3 is 2.42 bits per heavy atom. The zero-order valence-electron chi connectivity index (χ0n) is 22.4. The molecule has 0 amide bonds. The summed E-state index contributed by atoms with van der Waals surface area (Å²) in [5.74, 6) is 4.30. The average molecular weight is 457 g/mol. The topological polar surface area (TPSA) is 37.3 Å². The second kappa shape index (κ2) is 10.2. The predicted octanol–water partition coefficient (Wildman–Crippen LogP) is 8.13. The third-order valence-electron chi connectivity index (χ3n) is 11.6. The number of rotatable bonds is 9. The van der Waals surface area contributed by atoms with Gasteiger partial charge in [-0.05, 0) is 111 Å². The van der Waals surface area contributed by atoms with E-state index in [-0.39, 0.29) is 17.4 Å². The van der Waals surface area contributed by atoms with Gasteiger partial charge in [-0.3, -0.25) is 4.79 Å². The summed E-state index contributed by atoms with van der Waals surface area (Å²) < 4.78 is 0. The molecule has 4 rings (SSSR count). The number of aliphatic hydroxyl groups is 1. The van der Waals surface area contributed by atoms with Crippen molar-refractivity contribution in [1.29, 1.82) is 0 Å². The molecule has 0 heterocycles. The van der Waals surface area contributed by atoms with Crippen molar-refractivity contribution in [2.45, 2.75) is 131 Å². The summed E-state index contributed by atoms with van der Waals surface area (Å²) in [4.78, 5) is 13.7. The fourth-order valence-electron chi connectivity index (χ4n) is 9.95. The van der Waals surface area contributed by atoms with Crippen molar-refractivity contribution in [2.75, 3.05) is 0 Å². The standard InChI is InChI=1S/C31H52O2/c1-6-10-21(5)11-12-22(7-2)25-13-14-26-29-27(16-18-31(25,26)9-4)30(8-3)17-15-24(32)19-23(30)20-28(29)33/h20-22,24-27,29,32H,6-19H2,1-5H3/t21-,22-,24-,25-,26+,27-,29-,30+,31+/m0/s1. The fourth-order valence-corrected chi connectivity index (χ4v) is 9.95. The van der Waals surface area contributed by atoms with Gasteiger partial charge in [0.15, 0.2) is 5.78 Å². The number of aliphatic hydroxyl groups excluding tert-OH is 1. The largest absolute Gasteiger partial charge is 0.393 e. The molecule has 4 aliphatic rings. The quantitative estimate of drug-likeness (QED) is 0.380. The van der Waals surface area contributed by atoms with Gasteiger partial charge in [-0.2, -0.15) is 0 Å². The van der Waals surface area contributed by atoms with Crippen LogP contribution in [0.3, 0.4) is 0 Å². The lowest BCUT2D eigenvalue weighted by Gasteiger charge is -2.59. The Balaban J connectivity index is 1.61. The van der Waals surface area contributed by atoms with Crippen molar-refractivity contribution < 1.29 is 9.90 Å². The van der Waals surface area contributed by atoms with Crippen LogP contribution in [0, 0.1) is 46.3 Å². The van der Waals surface area contributed by atoms with Crippen molar-refractivity contribution in [3.8, 4) is 0 Å². The van der Waals surface area contributed by atoms with Crippen LogP contribution in [0.4, 0.5) is 0 Å². The van der Waals surface area contributed by atoms with Crippen molar-refractivity contribution in [2.24, 2.45) is 46.3 Å². The van der Waals surface area contributed by atoms with Gasteiger partial charge in [0.25, 0.3) is 0 Å². The molecule has 0 unspecified atom stereocenters. The smallest absolute Gasteiger partial charge is 0.159 e. The highest BCUT2D eigenvalue weighted by Gasteiger charge is 2.63. The Morgan fingerprint density at radius 1 is 0.970 bits per heavy atom. The molecular weight excluding hydrogens is 404 g/mol. The molecule has 1 N–H and O–H groups in total. The zero-order valence-corrected chi connectivity index (χ0v) is 22.4. The SMILES string of the molecule is CCC[C@H](C)CC[C@H](CC)[C@@H]1CC[C@@H]2[C@@H]3C(=O)C=C4C[C@@H](O)CC[C@@]4(CC)[C@H]3CC[C@@]21CC. The maximum Gasteiger partial charge on any atom is 0.159 e. The van der Waals surface area contributed by atoms with Crippen LogP contribution in [0.2, 0.25) is 0 Å². The number of hydrogen-bond acceptors (Lipinski definition) is 2. The third-order valence-corrected chi connectivity index (χ3v) is 11.6. The van der Waals surface area contributed by atoms with Crippen LogP contribution in [0.15, 0.2) is 11.6 Å². The lowest BCUT2D eigenvalue weighted by molar-refractivity contribution is -0.138. The first-order valence-electron chi connectivity index (χ1n) is 14.8. The first kappa shape index (κ1) is 25.5. The van der Waals surface area contributed by atoms with Crippen LogP contribution in [-0.2, 0) is 4.79 Å². The number of hydrogen-bond donors (Lipinski definition) is 1. The predicted molar refractivity (Wildman–Crippen MR) is 138 cm³/mol. The lowest BCUT2D eigenvalue weighted by atomic mass is 9.44. The maximum absolute atomic E-state index is 13.7. The molecule has 0 saturated heterocycles. The Hall–Kier alpha value is -0.630. The second-order valence-corrected chi connectivity index (χ2v) is 12.7. The first-order valence-corrected chi connectivity index (χ1v) is 14.8. The van der Waals surface area contributed by atoms with Crippen molar-refractivity contribution in [1.82, 2.24) is 0 Å². The van der Waals surface area contributed by atoms with Crippen LogP contribution in [-0.4, -0.2) is 17.0 Å². The number of carbonyl (C=O) groups excluding carboxylic acids is 1. The average Bonchev–Trinajstić information content (AvgIpc) is 3.19. The maximum atomic E-state index is 13.7. The molecule has 3 fully saturated rings. The minimum atomic E-state index is -0.241. The minimum Gasteiger partial charge on any atom is -0.393 e. The molecule has 2 heteroatoms.